The molecule has 0 atom stereocenters. The second-order valence-corrected chi connectivity index (χ2v) is 4.15. The summed E-state index contributed by atoms with van der Waals surface area (Å²) in [6.45, 7) is 1.94. The molecule has 0 aliphatic heterocycles. The van der Waals surface area contributed by atoms with Crippen molar-refractivity contribution >= 4 is 23.4 Å². The van der Waals surface area contributed by atoms with Crippen molar-refractivity contribution in [3.05, 3.63) is 35.0 Å². The number of benzene rings is 1. The van der Waals surface area contributed by atoms with Gasteiger partial charge >= 0.3 is 5.97 Å². The number of nitrogen functional groups attached to an aromatic ring is 1. The van der Waals surface area contributed by atoms with Crippen LogP contribution in [-0.2, 0) is 4.74 Å². The zero-order valence-corrected chi connectivity index (χ0v) is 10.9. The van der Waals surface area contributed by atoms with E-state index in [1.165, 1.54) is 29.1 Å². The van der Waals surface area contributed by atoms with Crippen molar-refractivity contribution < 1.29 is 14.6 Å². The summed E-state index contributed by atoms with van der Waals surface area (Å²) < 4.78 is 6.08. The van der Waals surface area contributed by atoms with E-state index in [-0.39, 0.29) is 23.7 Å². The van der Waals surface area contributed by atoms with Gasteiger partial charge in [0.25, 0.3) is 0 Å². The van der Waals surface area contributed by atoms with Gasteiger partial charge in [0.05, 0.1) is 12.8 Å². The SMILES string of the molecule is CCOC(=O)c1cnn(-c2cc(Cl)ccc2O)c1N. The van der Waals surface area contributed by atoms with E-state index in [0.717, 1.165) is 0 Å². The summed E-state index contributed by atoms with van der Waals surface area (Å²) >= 11 is 5.85. The highest BCUT2D eigenvalue weighted by molar-refractivity contribution is 6.30. The van der Waals surface area contributed by atoms with Gasteiger partial charge in [0.1, 0.15) is 22.8 Å². The van der Waals surface area contributed by atoms with Gasteiger partial charge in [0.2, 0.25) is 0 Å². The number of ether oxygens (including phenoxy) is 1. The summed E-state index contributed by atoms with van der Waals surface area (Å²) in [4.78, 5) is 11.6. The fourth-order valence-corrected chi connectivity index (χ4v) is 1.75. The summed E-state index contributed by atoms with van der Waals surface area (Å²) in [7, 11) is 0. The number of rotatable bonds is 3. The lowest BCUT2D eigenvalue weighted by Gasteiger charge is -2.07. The second-order valence-electron chi connectivity index (χ2n) is 3.71. The van der Waals surface area contributed by atoms with E-state index in [4.69, 9.17) is 22.1 Å². The van der Waals surface area contributed by atoms with Crippen molar-refractivity contribution in [2.24, 2.45) is 0 Å². The number of anilines is 1. The van der Waals surface area contributed by atoms with E-state index in [2.05, 4.69) is 5.10 Å². The Bertz CT molecular complexity index is 625. The van der Waals surface area contributed by atoms with Crippen LogP contribution in [0.15, 0.2) is 24.4 Å². The van der Waals surface area contributed by atoms with Crippen LogP contribution in [0.1, 0.15) is 17.3 Å². The van der Waals surface area contributed by atoms with Gasteiger partial charge in [-0.15, -0.1) is 0 Å². The van der Waals surface area contributed by atoms with Crippen LogP contribution in [0.5, 0.6) is 5.75 Å². The van der Waals surface area contributed by atoms with E-state index in [9.17, 15) is 9.90 Å². The number of nitrogens with zero attached hydrogens (tertiary/aromatic N) is 2. The van der Waals surface area contributed by atoms with Crippen LogP contribution in [0.25, 0.3) is 5.69 Å². The Labute approximate surface area is 114 Å². The average molecular weight is 282 g/mol. The molecule has 2 rings (SSSR count). The first-order valence-corrected chi connectivity index (χ1v) is 5.92. The van der Waals surface area contributed by atoms with Crippen molar-refractivity contribution in [2.75, 3.05) is 12.3 Å². The molecular weight excluding hydrogens is 270 g/mol. The number of carbonyl (C=O) groups is 1. The van der Waals surface area contributed by atoms with Crippen molar-refractivity contribution in [2.45, 2.75) is 6.92 Å². The summed E-state index contributed by atoms with van der Waals surface area (Å²) in [6.07, 6.45) is 1.29. The Hall–Kier alpha value is -2.21. The quantitative estimate of drug-likeness (QED) is 0.840. The monoisotopic (exact) mass is 281 g/mol. The molecule has 19 heavy (non-hydrogen) atoms. The summed E-state index contributed by atoms with van der Waals surface area (Å²) in [6, 6.07) is 4.45. The first kappa shape index (κ1) is 13.2. The van der Waals surface area contributed by atoms with Crippen LogP contribution in [0.4, 0.5) is 5.82 Å². The van der Waals surface area contributed by atoms with E-state index in [0.29, 0.717) is 10.7 Å². The number of nitrogens with two attached hydrogens (primary N) is 1. The fraction of sp³-hybridized carbons (Fsp3) is 0.167. The zero-order valence-electron chi connectivity index (χ0n) is 10.1. The lowest BCUT2D eigenvalue weighted by Crippen LogP contribution is -2.09. The maximum atomic E-state index is 11.6. The molecule has 3 N–H and O–H groups in total. The van der Waals surface area contributed by atoms with Crippen molar-refractivity contribution in [3.8, 4) is 11.4 Å². The van der Waals surface area contributed by atoms with Gasteiger partial charge in [-0.3, -0.25) is 0 Å². The van der Waals surface area contributed by atoms with Gasteiger partial charge in [-0.2, -0.15) is 5.10 Å². The van der Waals surface area contributed by atoms with Gasteiger partial charge in [-0.05, 0) is 25.1 Å². The number of aromatic nitrogens is 2. The Morgan fingerprint density at radius 3 is 3.00 bits per heavy atom. The average Bonchev–Trinajstić information content (AvgIpc) is 2.74. The number of phenolic OH excluding ortho intramolecular Hbond substituents is 1. The van der Waals surface area contributed by atoms with E-state index >= 15 is 0 Å². The number of carbonyl (C=O) groups excluding carboxylic acids is 1. The van der Waals surface area contributed by atoms with Gasteiger partial charge in [-0.1, -0.05) is 11.6 Å². The molecule has 0 fully saturated rings. The standard InChI is InChI=1S/C12H12ClN3O3/c1-2-19-12(18)8-6-15-16(11(8)14)9-5-7(13)3-4-10(9)17/h3-6,17H,2,14H2,1H3. The van der Waals surface area contributed by atoms with E-state index in [1.807, 2.05) is 0 Å². The highest BCUT2D eigenvalue weighted by atomic mass is 35.5. The molecule has 0 saturated carbocycles. The molecule has 0 spiro atoms. The van der Waals surface area contributed by atoms with Gasteiger partial charge in [0, 0.05) is 5.02 Å². The molecule has 1 aromatic carbocycles. The normalized spacial score (nSPS) is 10.4. The van der Waals surface area contributed by atoms with Gasteiger partial charge in [-0.25, -0.2) is 9.48 Å². The molecule has 0 unspecified atom stereocenters. The molecule has 7 heteroatoms. The number of hydrogen-bond acceptors (Lipinski definition) is 5. The van der Waals surface area contributed by atoms with E-state index in [1.54, 1.807) is 6.92 Å². The molecule has 1 aromatic heterocycles. The molecule has 6 nitrogen and oxygen atoms in total. The number of esters is 1. The predicted octanol–water partition coefficient (Wildman–Crippen LogP) is 1.99. The van der Waals surface area contributed by atoms with Crippen molar-refractivity contribution in [1.82, 2.24) is 9.78 Å². The molecule has 0 aliphatic carbocycles. The molecule has 0 bridgehead atoms. The minimum Gasteiger partial charge on any atom is -0.506 e. The molecule has 2 aromatic rings. The molecule has 0 aliphatic rings. The minimum atomic E-state index is -0.562. The van der Waals surface area contributed by atoms with Crippen LogP contribution in [0.2, 0.25) is 5.02 Å². The topological polar surface area (TPSA) is 90.4 Å². The lowest BCUT2D eigenvalue weighted by molar-refractivity contribution is 0.0527. The van der Waals surface area contributed by atoms with Crippen LogP contribution in [0, 0.1) is 0 Å². The number of phenols is 1. The molecular formula is C12H12ClN3O3. The molecule has 100 valence electrons. The Balaban J connectivity index is 2.47. The second kappa shape index (κ2) is 5.19. The molecule has 1 heterocycles. The third-order valence-electron chi connectivity index (χ3n) is 2.47. The molecule has 0 amide bonds. The maximum absolute atomic E-state index is 11.6. The van der Waals surface area contributed by atoms with Crippen LogP contribution in [-0.4, -0.2) is 27.5 Å². The largest absolute Gasteiger partial charge is 0.506 e. The predicted molar refractivity (Wildman–Crippen MR) is 70.6 cm³/mol. The van der Waals surface area contributed by atoms with Gasteiger partial charge in [0.15, 0.2) is 0 Å². The smallest absolute Gasteiger partial charge is 0.343 e. The highest BCUT2D eigenvalue weighted by Crippen LogP contribution is 2.28. The highest BCUT2D eigenvalue weighted by Gasteiger charge is 2.18. The Morgan fingerprint density at radius 2 is 2.32 bits per heavy atom. The summed E-state index contributed by atoms with van der Waals surface area (Å²) in [5.74, 6) is -0.529. The zero-order chi connectivity index (χ0) is 14.0. The Kier molecular flexibility index (Phi) is 3.62. The van der Waals surface area contributed by atoms with E-state index < -0.39 is 5.97 Å². The summed E-state index contributed by atoms with van der Waals surface area (Å²) in [5.41, 5.74) is 6.26. The minimum absolute atomic E-state index is 0.0467. The number of aromatic hydroxyl groups is 1. The number of halogens is 1. The van der Waals surface area contributed by atoms with Crippen LogP contribution >= 0.6 is 11.6 Å². The van der Waals surface area contributed by atoms with Crippen LogP contribution < -0.4 is 5.73 Å². The Morgan fingerprint density at radius 1 is 1.58 bits per heavy atom. The third kappa shape index (κ3) is 2.48. The number of hydrogen-bond donors (Lipinski definition) is 2. The maximum Gasteiger partial charge on any atom is 0.343 e. The van der Waals surface area contributed by atoms with Gasteiger partial charge < -0.3 is 15.6 Å². The molecule has 0 saturated heterocycles. The first-order valence-electron chi connectivity index (χ1n) is 5.54. The van der Waals surface area contributed by atoms with Crippen molar-refractivity contribution in [1.29, 1.82) is 0 Å². The van der Waals surface area contributed by atoms with Crippen LogP contribution in [0.3, 0.4) is 0 Å². The van der Waals surface area contributed by atoms with Crippen molar-refractivity contribution in [3.63, 3.8) is 0 Å². The first-order chi connectivity index (χ1) is 9.04. The molecule has 0 radical (unpaired) electrons. The third-order valence-corrected chi connectivity index (χ3v) is 2.70. The summed E-state index contributed by atoms with van der Waals surface area (Å²) in [5, 5.41) is 14.2. The fourth-order valence-electron chi connectivity index (χ4n) is 1.58. The lowest BCUT2D eigenvalue weighted by atomic mass is 10.3.